The molecule has 1 amide bonds. The van der Waals surface area contributed by atoms with Gasteiger partial charge in [-0.3, -0.25) is 4.79 Å². The van der Waals surface area contributed by atoms with E-state index in [0.29, 0.717) is 0 Å². The first-order valence-electron chi connectivity index (χ1n) is 5.15. The zero-order valence-electron chi connectivity index (χ0n) is 8.07. The fourth-order valence-electron chi connectivity index (χ4n) is 2.20. The van der Waals surface area contributed by atoms with Crippen LogP contribution in [0, 0.1) is 11.8 Å². The molecule has 1 unspecified atom stereocenters. The van der Waals surface area contributed by atoms with E-state index in [0.717, 1.165) is 31.3 Å². The maximum absolute atomic E-state index is 11.4. The Morgan fingerprint density at radius 1 is 1.38 bits per heavy atom. The van der Waals surface area contributed by atoms with Crippen LogP contribution >= 0.6 is 0 Å². The van der Waals surface area contributed by atoms with E-state index in [1.807, 2.05) is 4.90 Å². The highest BCUT2D eigenvalue weighted by atomic mass is 16.3. The molecule has 2 aliphatic rings. The number of aliphatic hydroxyl groups excluding tert-OH is 1. The second-order valence-corrected chi connectivity index (χ2v) is 4.35. The first-order chi connectivity index (χ1) is 6.18. The van der Waals surface area contributed by atoms with E-state index >= 15 is 0 Å². The van der Waals surface area contributed by atoms with Crippen LogP contribution < -0.4 is 0 Å². The summed E-state index contributed by atoms with van der Waals surface area (Å²) in [6.07, 6.45) is 3.02. The smallest absolute Gasteiger partial charge is 0.251 e. The van der Waals surface area contributed by atoms with Crippen molar-refractivity contribution in [2.45, 2.75) is 32.3 Å². The van der Waals surface area contributed by atoms with Crippen molar-refractivity contribution in [1.82, 2.24) is 4.90 Å². The monoisotopic (exact) mass is 183 g/mol. The minimum Gasteiger partial charge on any atom is -0.384 e. The van der Waals surface area contributed by atoms with Crippen LogP contribution in [0.4, 0.5) is 0 Å². The number of hydrogen-bond acceptors (Lipinski definition) is 2. The lowest BCUT2D eigenvalue weighted by Crippen LogP contribution is -2.36. The van der Waals surface area contributed by atoms with Crippen LogP contribution in [-0.4, -0.2) is 35.1 Å². The van der Waals surface area contributed by atoms with E-state index in [1.54, 1.807) is 6.92 Å². The largest absolute Gasteiger partial charge is 0.384 e. The van der Waals surface area contributed by atoms with Crippen LogP contribution in [0.3, 0.4) is 0 Å². The molecule has 1 aliphatic carbocycles. The van der Waals surface area contributed by atoms with Crippen LogP contribution in [0.15, 0.2) is 0 Å². The zero-order chi connectivity index (χ0) is 9.42. The van der Waals surface area contributed by atoms with Crippen LogP contribution in [0.25, 0.3) is 0 Å². The maximum Gasteiger partial charge on any atom is 0.251 e. The van der Waals surface area contributed by atoms with Crippen molar-refractivity contribution in [2.75, 3.05) is 13.1 Å². The average Bonchev–Trinajstić information content (AvgIpc) is 2.83. The molecule has 74 valence electrons. The van der Waals surface area contributed by atoms with Crippen molar-refractivity contribution in [3.05, 3.63) is 0 Å². The molecule has 1 heterocycles. The first-order valence-corrected chi connectivity index (χ1v) is 5.15. The normalized spacial score (nSPS) is 30.6. The third-order valence-corrected chi connectivity index (χ3v) is 3.18. The summed E-state index contributed by atoms with van der Waals surface area (Å²) in [4.78, 5) is 13.2. The molecule has 0 bridgehead atoms. The maximum atomic E-state index is 11.4. The Hall–Kier alpha value is -0.570. The molecule has 3 heteroatoms. The van der Waals surface area contributed by atoms with Gasteiger partial charge < -0.3 is 10.0 Å². The van der Waals surface area contributed by atoms with Gasteiger partial charge in [-0.05, 0) is 38.0 Å². The molecule has 2 atom stereocenters. The van der Waals surface area contributed by atoms with E-state index in [4.69, 9.17) is 5.11 Å². The number of amides is 1. The molecule has 0 aromatic carbocycles. The summed E-state index contributed by atoms with van der Waals surface area (Å²) in [5, 5.41) is 9.13. The van der Waals surface area contributed by atoms with Gasteiger partial charge in [0.05, 0.1) is 0 Å². The summed E-state index contributed by atoms with van der Waals surface area (Å²) < 4.78 is 0. The van der Waals surface area contributed by atoms with Crippen molar-refractivity contribution in [3.63, 3.8) is 0 Å². The van der Waals surface area contributed by atoms with Crippen LogP contribution in [0.2, 0.25) is 0 Å². The van der Waals surface area contributed by atoms with Gasteiger partial charge in [-0.1, -0.05) is 0 Å². The number of hydrogen-bond donors (Lipinski definition) is 1. The molecule has 0 aromatic heterocycles. The molecule has 1 N–H and O–H groups in total. The second kappa shape index (κ2) is 3.29. The molecule has 2 rings (SSSR count). The molecule has 1 aliphatic heterocycles. The van der Waals surface area contributed by atoms with Gasteiger partial charge in [0, 0.05) is 13.1 Å². The highest BCUT2D eigenvalue weighted by molar-refractivity contribution is 5.80. The van der Waals surface area contributed by atoms with Crippen LogP contribution in [-0.2, 0) is 4.79 Å². The number of carbonyl (C=O) groups is 1. The molecule has 1 saturated heterocycles. The highest BCUT2D eigenvalue weighted by Crippen LogP contribution is 2.41. The third kappa shape index (κ3) is 1.85. The lowest BCUT2D eigenvalue weighted by atomic mass is 10.0. The number of aliphatic hydroxyl groups is 1. The minimum absolute atomic E-state index is 0.0943. The van der Waals surface area contributed by atoms with Crippen molar-refractivity contribution in [2.24, 2.45) is 11.8 Å². The van der Waals surface area contributed by atoms with Gasteiger partial charge >= 0.3 is 0 Å². The van der Waals surface area contributed by atoms with Gasteiger partial charge in [0.1, 0.15) is 6.10 Å². The molecule has 13 heavy (non-hydrogen) atoms. The predicted molar refractivity (Wildman–Crippen MR) is 49.1 cm³/mol. The van der Waals surface area contributed by atoms with E-state index in [9.17, 15) is 4.79 Å². The topological polar surface area (TPSA) is 40.5 Å². The summed E-state index contributed by atoms with van der Waals surface area (Å²) in [6.45, 7) is 3.28. The van der Waals surface area contributed by atoms with Gasteiger partial charge in [-0.25, -0.2) is 0 Å². The van der Waals surface area contributed by atoms with Crippen molar-refractivity contribution < 1.29 is 9.90 Å². The fourth-order valence-corrected chi connectivity index (χ4v) is 2.20. The van der Waals surface area contributed by atoms with E-state index in [2.05, 4.69) is 0 Å². The number of likely N-dealkylation sites (tertiary alicyclic amines) is 1. The quantitative estimate of drug-likeness (QED) is 0.682. The van der Waals surface area contributed by atoms with Crippen molar-refractivity contribution in [1.29, 1.82) is 0 Å². The predicted octanol–water partition coefficient (Wildman–Crippen LogP) is 0.626. The highest BCUT2D eigenvalue weighted by Gasteiger charge is 2.37. The molecule has 0 aromatic rings. The van der Waals surface area contributed by atoms with Gasteiger partial charge in [-0.2, -0.15) is 0 Å². The number of rotatable bonds is 2. The zero-order valence-corrected chi connectivity index (χ0v) is 8.07. The molecule has 1 saturated carbocycles. The number of nitrogens with zero attached hydrogens (tertiary/aromatic N) is 1. The van der Waals surface area contributed by atoms with Gasteiger partial charge in [0.15, 0.2) is 0 Å². The van der Waals surface area contributed by atoms with Gasteiger partial charge in [0.2, 0.25) is 0 Å². The van der Waals surface area contributed by atoms with Gasteiger partial charge in [-0.15, -0.1) is 0 Å². The summed E-state index contributed by atoms with van der Waals surface area (Å²) in [5.41, 5.74) is 0. The SMILES string of the molecule is C[C@H](O)C(=O)N1CCC(C2CC2)C1. The third-order valence-electron chi connectivity index (χ3n) is 3.18. The van der Waals surface area contributed by atoms with E-state index in [1.165, 1.54) is 12.8 Å². The molecular formula is C10H17NO2. The van der Waals surface area contributed by atoms with Crippen LogP contribution in [0.5, 0.6) is 0 Å². The van der Waals surface area contributed by atoms with E-state index in [-0.39, 0.29) is 5.91 Å². The molecule has 0 radical (unpaired) electrons. The van der Waals surface area contributed by atoms with Gasteiger partial charge in [0.25, 0.3) is 5.91 Å². The lowest BCUT2D eigenvalue weighted by Gasteiger charge is -2.17. The Bertz CT molecular complexity index is 211. The molecule has 3 nitrogen and oxygen atoms in total. The molecule has 2 fully saturated rings. The summed E-state index contributed by atoms with van der Waals surface area (Å²) in [7, 11) is 0. The Morgan fingerprint density at radius 2 is 2.08 bits per heavy atom. The summed E-state index contributed by atoms with van der Waals surface area (Å²) in [5.74, 6) is 1.51. The van der Waals surface area contributed by atoms with Crippen molar-refractivity contribution in [3.8, 4) is 0 Å². The summed E-state index contributed by atoms with van der Waals surface area (Å²) in [6, 6.07) is 0. The Balaban J connectivity index is 1.86. The Kier molecular flexibility index (Phi) is 2.28. The minimum atomic E-state index is -0.821. The van der Waals surface area contributed by atoms with Crippen LogP contribution in [0.1, 0.15) is 26.2 Å². The Labute approximate surface area is 78.7 Å². The number of carbonyl (C=O) groups excluding carboxylic acids is 1. The second-order valence-electron chi connectivity index (χ2n) is 4.35. The standard InChI is InChI=1S/C10H17NO2/c1-7(12)10(13)11-5-4-9(6-11)8-2-3-8/h7-9,12H,2-6H2,1H3/t7-,9?/m0/s1. The lowest BCUT2D eigenvalue weighted by molar-refractivity contribution is -0.138. The fraction of sp³-hybridized carbons (Fsp3) is 0.900. The average molecular weight is 183 g/mol. The molecular weight excluding hydrogens is 166 g/mol. The van der Waals surface area contributed by atoms with Crippen molar-refractivity contribution >= 4 is 5.91 Å². The first kappa shape index (κ1) is 9.00. The Morgan fingerprint density at radius 3 is 2.62 bits per heavy atom. The molecule has 0 spiro atoms. The summed E-state index contributed by atoms with van der Waals surface area (Å²) >= 11 is 0. The van der Waals surface area contributed by atoms with E-state index < -0.39 is 6.10 Å².